The molecule has 1 aromatic carbocycles. The molecule has 0 fully saturated rings. The first-order valence-electron chi connectivity index (χ1n) is 11.8. The molecule has 1 atom stereocenters. The zero-order valence-corrected chi connectivity index (χ0v) is 20.2. The van der Waals surface area contributed by atoms with E-state index in [1.807, 2.05) is 0 Å². The minimum Gasteiger partial charge on any atom is -0.503 e. The molecule has 0 aliphatic carbocycles. The number of aromatic hydroxyl groups is 1. The standard InChI is InChI=1S/C26H31F2N3O4/c1-16(2)5-4-6-17(3)9-10-30-11-12-31-15-20(23(32)24(33)22(31)26(30)35)25(34)29-14-18-7-8-19(27)13-21(18)28/h7-8,11-13,15-17,33H,4-6,9-10,14H2,1-3H3,(H,29,34). The van der Waals surface area contributed by atoms with Crippen molar-refractivity contribution in [3.8, 4) is 5.75 Å². The Bertz CT molecular complexity index is 1330. The van der Waals surface area contributed by atoms with Crippen molar-refractivity contribution in [2.24, 2.45) is 11.8 Å². The van der Waals surface area contributed by atoms with E-state index < -0.39 is 39.8 Å². The molecule has 1 unspecified atom stereocenters. The number of hydrogen-bond acceptors (Lipinski definition) is 4. The molecule has 3 rings (SSSR count). The number of nitrogens with zero attached hydrogens (tertiary/aromatic N) is 2. The van der Waals surface area contributed by atoms with Gasteiger partial charge in [-0.3, -0.25) is 14.4 Å². The van der Waals surface area contributed by atoms with Crippen molar-refractivity contribution < 1.29 is 18.7 Å². The molecular formula is C26H31F2N3O4. The first kappa shape index (κ1) is 26.1. The number of amides is 1. The second kappa shape index (κ2) is 11.3. The molecule has 2 heterocycles. The summed E-state index contributed by atoms with van der Waals surface area (Å²) >= 11 is 0. The van der Waals surface area contributed by atoms with Crippen molar-refractivity contribution in [2.45, 2.75) is 59.5 Å². The molecule has 3 aromatic rings. The van der Waals surface area contributed by atoms with Gasteiger partial charge < -0.3 is 19.4 Å². The zero-order valence-electron chi connectivity index (χ0n) is 20.2. The van der Waals surface area contributed by atoms with Crippen LogP contribution in [0.2, 0.25) is 0 Å². The van der Waals surface area contributed by atoms with Crippen molar-refractivity contribution in [1.82, 2.24) is 14.3 Å². The third kappa shape index (κ3) is 6.35. The van der Waals surface area contributed by atoms with Gasteiger partial charge in [0.25, 0.3) is 11.5 Å². The van der Waals surface area contributed by atoms with Crippen LogP contribution in [-0.4, -0.2) is 20.0 Å². The Morgan fingerprint density at radius 1 is 1.09 bits per heavy atom. The number of nitrogens with one attached hydrogen (secondary N) is 1. The molecule has 0 saturated heterocycles. The summed E-state index contributed by atoms with van der Waals surface area (Å²) in [6, 6.07) is 2.93. The van der Waals surface area contributed by atoms with Crippen LogP contribution < -0.4 is 16.3 Å². The van der Waals surface area contributed by atoms with Crippen molar-refractivity contribution >= 4 is 11.4 Å². The van der Waals surface area contributed by atoms with E-state index in [9.17, 15) is 28.3 Å². The molecule has 0 aliphatic rings. The highest BCUT2D eigenvalue weighted by Gasteiger charge is 2.19. The average Bonchev–Trinajstić information content (AvgIpc) is 2.79. The smallest absolute Gasteiger partial charge is 0.278 e. The highest BCUT2D eigenvalue weighted by atomic mass is 19.1. The molecule has 2 aromatic heterocycles. The molecule has 1 amide bonds. The van der Waals surface area contributed by atoms with Gasteiger partial charge >= 0.3 is 0 Å². The maximum Gasteiger partial charge on any atom is 0.278 e. The van der Waals surface area contributed by atoms with E-state index in [4.69, 9.17) is 0 Å². The lowest BCUT2D eigenvalue weighted by molar-refractivity contribution is 0.0948. The molecule has 0 radical (unpaired) electrons. The summed E-state index contributed by atoms with van der Waals surface area (Å²) in [5.41, 5.74) is -2.12. The first-order chi connectivity index (χ1) is 16.6. The lowest BCUT2D eigenvalue weighted by Crippen LogP contribution is -2.31. The van der Waals surface area contributed by atoms with Crippen LogP contribution in [0.1, 0.15) is 62.4 Å². The lowest BCUT2D eigenvalue weighted by Gasteiger charge is -2.14. The van der Waals surface area contributed by atoms with Gasteiger partial charge in [-0.05, 0) is 24.3 Å². The number of fused-ring (bicyclic) bond motifs is 1. The van der Waals surface area contributed by atoms with Gasteiger partial charge in [-0.15, -0.1) is 0 Å². The van der Waals surface area contributed by atoms with Gasteiger partial charge in [0, 0.05) is 43.3 Å². The van der Waals surface area contributed by atoms with Crippen LogP contribution in [0.25, 0.3) is 5.52 Å². The Morgan fingerprint density at radius 2 is 1.83 bits per heavy atom. The van der Waals surface area contributed by atoms with Gasteiger partial charge in [0.1, 0.15) is 17.2 Å². The van der Waals surface area contributed by atoms with E-state index in [-0.39, 0.29) is 17.6 Å². The van der Waals surface area contributed by atoms with Crippen LogP contribution in [0.4, 0.5) is 8.78 Å². The minimum absolute atomic E-state index is 0.0335. The lowest BCUT2D eigenvalue weighted by atomic mass is 9.97. The fourth-order valence-corrected chi connectivity index (χ4v) is 3.96. The van der Waals surface area contributed by atoms with E-state index in [2.05, 4.69) is 26.1 Å². The minimum atomic E-state index is -1.00. The number of carbonyl (C=O) groups is 1. The molecule has 0 spiro atoms. The number of aromatic nitrogens is 2. The fraction of sp³-hybridized carbons (Fsp3) is 0.423. The normalized spacial score (nSPS) is 12.3. The molecule has 0 aliphatic heterocycles. The molecule has 0 saturated carbocycles. The molecule has 2 N–H and O–H groups in total. The predicted molar refractivity (Wildman–Crippen MR) is 130 cm³/mol. The predicted octanol–water partition coefficient (Wildman–Crippen LogP) is 4.23. The van der Waals surface area contributed by atoms with Crippen molar-refractivity contribution in [3.63, 3.8) is 0 Å². The average molecular weight is 488 g/mol. The number of aryl methyl sites for hydroxylation is 1. The molecule has 9 heteroatoms. The van der Waals surface area contributed by atoms with Gasteiger partial charge in [-0.1, -0.05) is 46.1 Å². The number of halogens is 2. The van der Waals surface area contributed by atoms with Crippen molar-refractivity contribution in [1.29, 1.82) is 0 Å². The van der Waals surface area contributed by atoms with Crippen LogP contribution in [0.5, 0.6) is 5.75 Å². The summed E-state index contributed by atoms with van der Waals surface area (Å²) in [4.78, 5) is 38.2. The number of pyridine rings is 1. The SMILES string of the molecule is CC(C)CCCC(C)CCn1ccn2cc(C(=O)NCc3ccc(F)cc3F)c(=O)c(O)c2c1=O. The highest BCUT2D eigenvalue weighted by Crippen LogP contribution is 2.17. The molecule has 0 bridgehead atoms. The zero-order chi connectivity index (χ0) is 25.7. The largest absolute Gasteiger partial charge is 0.503 e. The van der Waals surface area contributed by atoms with Gasteiger partial charge in [-0.2, -0.15) is 0 Å². The van der Waals surface area contributed by atoms with E-state index in [1.165, 1.54) is 21.2 Å². The molecule has 7 nitrogen and oxygen atoms in total. The number of carbonyl (C=O) groups excluding carboxylic acids is 1. The Morgan fingerprint density at radius 3 is 2.51 bits per heavy atom. The Labute approximate surface area is 202 Å². The summed E-state index contributed by atoms with van der Waals surface area (Å²) in [7, 11) is 0. The second-order valence-electron chi connectivity index (χ2n) is 9.41. The first-order valence-corrected chi connectivity index (χ1v) is 11.8. The monoisotopic (exact) mass is 487 g/mol. The van der Waals surface area contributed by atoms with Gasteiger partial charge in [-0.25, -0.2) is 8.78 Å². The Balaban J connectivity index is 1.77. The van der Waals surface area contributed by atoms with E-state index in [0.29, 0.717) is 24.4 Å². The van der Waals surface area contributed by atoms with Crippen LogP contribution in [0.15, 0.2) is 46.4 Å². The van der Waals surface area contributed by atoms with E-state index in [1.54, 1.807) is 6.20 Å². The number of hydrogen-bond donors (Lipinski definition) is 2. The summed E-state index contributed by atoms with van der Waals surface area (Å²) in [5.74, 6) is -2.19. The van der Waals surface area contributed by atoms with Crippen LogP contribution >= 0.6 is 0 Å². The van der Waals surface area contributed by atoms with E-state index in [0.717, 1.165) is 37.9 Å². The van der Waals surface area contributed by atoms with Crippen molar-refractivity contribution in [2.75, 3.05) is 0 Å². The van der Waals surface area contributed by atoms with Crippen LogP contribution in [0, 0.1) is 23.5 Å². The molecule has 35 heavy (non-hydrogen) atoms. The van der Waals surface area contributed by atoms with Gasteiger partial charge in [0.2, 0.25) is 5.43 Å². The third-order valence-corrected chi connectivity index (χ3v) is 6.12. The quantitative estimate of drug-likeness (QED) is 0.448. The summed E-state index contributed by atoms with van der Waals surface area (Å²) in [6.45, 7) is 6.67. The third-order valence-electron chi connectivity index (χ3n) is 6.12. The number of benzene rings is 1. The van der Waals surface area contributed by atoms with Crippen molar-refractivity contribution in [3.05, 3.63) is 80.1 Å². The molecular weight excluding hydrogens is 456 g/mol. The summed E-state index contributed by atoms with van der Waals surface area (Å²) < 4.78 is 29.5. The Hall–Kier alpha value is -3.49. The Kier molecular flexibility index (Phi) is 8.43. The maximum atomic E-state index is 13.8. The van der Waals surface area contributed by atoms with Gasteiger partial charge in [0.05, 0.1) is 0 Å². The fourth-order valence-electron chi connectivity index (χ4n) is 3.96. The summed E-state index contributed by atoms with van der Waals surface area (Å²) in [6.07, 6.45) is 8.33. The van der Waals surface area contributed by atoms with E-state index >= 15 is 0 Å². The van der Waals surface area contributed by atoms with Gasteiger partial charge in [0.15, 0.2) is 11.3 Å². The number of rotatable bonds is 10. The maximum absolute atomic E-state index is 13.8. The molecule has 188 valence electrons. The highest BCUT2D eigenvalue weighted by molar-refractivity contribution is 5.94. The second-order valence-corrected chi connectivity index (χ2v) is 9.41. The van der Waals surface area contributed by atoms with Crippen LogP contribution in [0.3, 0.4) is 0 Å². The topological polar surface area (TPSA) is 92.8 Å². The summed E-state index contributed by atoms with van der Waals surface area (Å²) in [5, 5.41) is 12.9. The van der Waals surface area contributed by atoms with Crippen LogP contribution in [-0.2, 0) is 13.1 Å².